The number of hydrogen-bond donors (Lipinski definition) is 0. The summed E-state index contributed by atoms with van der Waals surface area (Å²) in [5.41, 5.74) is 3.12. The van der Waals surface area contributed by atoms with Gasteiger partial charge in [-0.1, -0.05) is 37.1 Å². The van der Waals surface area contributed by atoms with Crippen LogP contribution in [0, 0.1) is 11.3 Å². The van der Waals surface area contributed by atoms with Gasteiger partial charge in [0, 0.05) is 17.3 Å². The molecule has 0 amide bonds. The SMILES string of the molecule is CCCCc1ccc(C#N)n1Cc1ccc(Cl)cc1. The molecule has 0 spiro atoms. The summed E-state index contributed by atoms with van der Waals surface area (Å²) in [6.45, 7) is 2.91. The highest BCUT2D eigenvalue weighted by molar-refractivity contribution is 6.30. The van der Waals surface area contributed by atoms with Gasteiger partial charge in [-0.15, -0.1) is 0 Å². The lowest BCUT2D eigenvalue weighted by molar-refractivity contribution is 0.691. The Morgan fingerprint density at radius 1 is 1.16 bits per heavy atom. The molecule has 2 nitrogen and oxygen atoms in total. The zero-order valence-corrected chi connectivity index (χ0v) is 11.8. The second-order valence-corrected chi connectivity index (χ2v) is 5.07. The van der Waals surface area contributed by atoms with E-state index in [2.05, 4.69) is 23.6 Å². The average molecular weight is 273 g/mol. The van der Waals surface area contributed by atoms with Crippen LogP contribution in [0.5, 0.6) is 0 Å². The molecule has 0 atom stereocenters. The van der Waals surface area contributed by atoms with Crippen molar-refractivity contribution in [2.75, 3.05) is 0 Å². The highest BCUT2D eigenvalue weighted by Gasteiger charge is 2.08. The summed E-state index contributed by atoms with van der Waals surface area (Å²) in [6.07, 6.45) is 3.33. The van der Waals surface area contributed by atoms with Gasteiger partial charge < -0.3 is 4.57 Å². The third-order valence-corrected chi connectivity index (χ3v) is 3.48. The molecule has 0 fully saturated rings. The molecular weight excluding hydrogens is 256 g/mol. The summed E-state index contributed by atoms with van der Waals surface area (Å²) < 4.78 is 2.10. The molecule has 1 aromatic heterocycles. The van der Waals surface area contributed by atoms with Gasteiger partial charge in [-0.25, -0.2) is 0 Å². The fourth-order valence-corrected chi connectivity index (χ4v) is 2.27. The Bertz CT molecular complexity index is 576. The maximum atomic E-state index is 9.19. The summed E-state index contributed by atoms with van der Waals surface area (Å²) in [5.74, 6) is 0. The van der Waals surface area contributed by atoms with Crippen LogP contribution in [0.2, 0.25) is 5.02 Å². The molecule has 0 bridgehead atoms. The van der Waals surface area contributed by atoms with E-state index in [-0.39, 0.29) is 0 Å². The third kappa shape index (κ3) is 3.39. The molecule has 0 aliphatic carbocycles. The Morgan fingerprint density at radius 2 is 1.89 bits per heavy atom. The van der Waals surface area contributed by atoms with Crippen LogP contribution in [0.15, 0.2) is 36.4 Å². The molecule has 0 N–H and O–H groups in total. The normalized spacial score (nSPS) is 10.4. The van der Waals surface area contributed by atoms with Crippen molar-refractivity contribution < 1.29 is 0 Å². The molecule has 1 heterocycles. The lowest BCUT2D eigenvalue weighted by atomic mass is 10.2. The Labute approximate surface area is 119 Å². The molecule has 0 saturated heterocycles. The first-order chi connectivity index (χ1) is 9.24. The van der Waals surface area contributed by atoms with Crippen LogP contribution < -0.4 is 0 Å². The van der Waals surface area contributed by atoms with Crippen LogP contribution in [0.4, 0.5) is 0 Å². The van der Waals surface area contributed by atoms with Gasteiger partial charge in [-0.3, -0.25) is 0 Å². The summed E-state index contributed by atoms with van der Waals surface area (Å²) in [7, 11) is 0. The number of nitriles is 1. The highest BCUT2D eigenvalue weighted by Crippen LogP contribution is 2.16. The Balaban J connectivity index is 2.24. The van der Waals surface area contributed by atoms with Crippen molar-refractivity contribution in [3.8, 4) is 6.07 Å². The van der Waals surface area contributed by atoms with Crippen LogP contribution >= 0.6 is 11.6 Å². The van der Waals surface area contributed by atoms with E-state index in [1.54, 1.807) is 0 Å². The average Bonchev–Trinajstić information content (AvgIpc) is 2.81. The minimum Gasteiger partial charge on any atom is -0.332 e. The number of unbranched alkanes of at least 4 members (excludes halogenated alkanes) is 1. The summed E-state index contributed by atoms with van der Waals surface area (Å²) in [4.78, 5) is 0. The predicted molar refractivity (Wildman–Crippen MR) is 78.3 cm³/mol. The van der Waals surface area contributed by atoms with Crippen molar-refractivity contribution >= 4 is 11.6 Å². The number of aromatic nitrogens is 1. The van der Waals surface area contributed by atoms with E-state index in [9.17, 15) is 5.26 Å². The molecule has 98 valence electrons. The molecule has 0 aliphatic rings. The van der Waals surface area contributed by atoms with E-state index in [1.165, 1.54) is 5.69 Å². The van der Waals surface area contributed by atoms with Crippen LogP contribution in [-0.4, -0.2) is 4.57 Å². The van der Waals surface area contributed by atoms with E-state index < -0.39 is 0 Å². The second kappa shape index (κ2) is 6.45. The molecule has 0 saturated carbocycles. The van der Waals surface area contributed by atoms with Crippen molar-refractivity contribution in [1.82, 2.24) is 4.57 Å². The minimum atomic E-state index is 0.723. The van der Waals surface area contributed by atoms with E-state index in [1.807, 2.05) is 30.3 Å². The van der Waals surface area contributed by atoms with E-state index in [4.69, 9.17) is 11.6 Å². The number of rotatable bonds is 5. The van der Waals surface area contributed by atoms with Gasteiger partial charge in [0.05, 0.1) is 0 Å². The zero-order valence-electron chi connectivity index (χ0n) is 11.1. The van der Waals surface area contributed by atoms with Gasteiger partial charge in [0.1, 0.15) is 11.8 Å². The molecule has 2 aromatic rings. The standard InChI is InChI=1S/C16H17ClN2/c1-2-3-4-15-9-10-16(11-18)19(15)12-13-5-7-14(17)8-6-13/h5-10H,2-4,12H2,1H3. The number of nitrogens with zero attached hydrogens (tertiary/aromatic N) is 2. The van der Waals surface area contributed by atoms with Crippen molar-refractivity contribution in [1.29, 1.82) is 5.26 Å². The van der Waals surface area contributed by atoms with Crippen LogP contribution in [0.1, 0.15) is 36.7 Å². The summed E-state index contributed by atoms with van der Waals surface area (Å²) in [6, 6.07) is 14.0. The fourth-order valence-electron chi connectivity index (χ4n) is 2.14. The second-order valence-electron chi connectivity index (χ2n) is 4.64. The van der Waals surface area contributed by atoms with E-state index in [0.717, 1.165) is 42.1 Å². The monoisotopic (exact) mass is 272 g/mol. The Kier molecular flexibility index (Phi) is 4.65. The largest absolute Gasteiger partial charge is 0.332 e. The van der Waals surface area contributed by atoms with Gasteiger partial charge in [-0.2, -0.15) is 5.26 Å². The van der Waals surface area contributed by atoms with Gasteiger partial charge in [0.2, 0.25) is 0 Å². The molecular formula is C16H17ClN2. The van der Waals surface area contributed by atoms with Gasteiger partial charge >= 0.3 is 0 Å². The maximum Gasteiger partial charge on any atom is 0.120 e. The van der Waals surface area contributed by atoms with Crippen LogP contribution in [0.3, 0.4) is 0 Å². The lowest BCUT2D eigenvalue weighted by Gasteiger charge is -2.10. The topological polar surface area (TPSA) is 28.7 Å². The first-order valence-electron chi connectivity index (χ1n) is 6.57. The highest BCUT2D eigenvalue weighted by atomic mass is 35.5. The van der Waals surface area contributed by atoms with Crippen LogP contribution in [0.25, 0.3) is 0 Å². The van der Waals surface area contributed by atoms with E-state index in [0.29, 0.717) is 0 Å². The maximum absolute atomic E-state index is 9.19. The van der Waals surface area contributed by atoms with Gasteiger partial charge in [0.25, 0.3) is 0 Å². The van der Waals surface area contributed by atoms with Crippen molar-refractivity contribution in [3.63, 3.8) is 0 Å². The molecule has 19 heavy (non-hydrogen) atoms. The zero-order chi connectivity index (χ0) is 13.7. The first-order valence-corrected chi connectivity index (χ1v) is 6.95. The summed E-state index contributed by atoms with van der Waals surface area (Å²) >= 11 is 5.89. The fraction of sp³-hybridized carbons (Fsp3) is 0.312. The first kappa shape index (κ1) is 13.7. The molecule has 0 radical (unpaired) electrons. The smallest absolute Gasteiger partial charge is 0.120 e. The molecule has 0 unspecified atom stereocenters. The Hall–Kier alpha value is -1.72. The quantitative estimate of drug-likeness (QED) is 0.793. The van der Waals surface area contributed by atoms with Crippen molar-refractivity contribution in [2.45, 2.75) is 32.7 Å². The van der Waals surface area contributed by atoms with Crippen LogP contribution in [-0.2, 0) is 13.0 Å². The predicted octanol–water partition coefficient (Wildman–Crippen LogP) is 4.40. The minimum absolute atomic E-state index is 0.723. The molecule has 3 heteroatoms. The van der Waals surface area contributed by atoms with Crippen molar-refractivity contribution in [2.24, 2.45) is 0 Å². The number of hydrogen-bond acceptors (Lipinski definition) is 1. The van der Waals surface area contributed by atoms with Gasteiger partial charge in [-0.05, 0) is 42.7 Å². The number of aryl methyl sites for hydroxylation is 1. The molecule has 1 aromatic carbocycles. The third-order valence-electron chi connectivity index (χ3n) is 3.23. The summed E-state index contributed by atoms with van der Waals surface area (Å²) in [5, 5.41) is 9.93. The lowest BCUT2D eigenvalue weighted by Crippen LogP contribution is -2.06. The number of halogens is 1. The molecule has 0 aliphatic heterocycles. The van der Waals surface area contributed by atoms with E-state index >= 15 is 0 Å². The number of benzene rings is 1. The molecule has 2 rings (SSSR count). The van der Waals surface area contributed by atoms with Gasteiger partial charge in [0.15, 0.2) is 0 Å². The Morgan fingerprint density at radius 3 is 2.53 bits per heavy atom. The van der Waals surface area contributed by atoms with Crippen molar-refractivity contribution in [3.05, 3.63) is 58.4 Å².